The largest absolute Gasteiger partial charge is 0.378 e. The maximum Gasteiger partial charge on any atom is 0.257 e. The smallest absolute Gasteiger partial charge is 0.257 e. The van der Waals surface area contributed by atoms with E-state index in [1.807, 2.05) is 15.7 Å². The molecular formula is C19H21ClN6O2. The summed E-state index contributed by atoms with van der Waals surface area (Å²) in [5, 5.41) is 17.0. The third kappa shape index (κ3) is 3.81. The second-order valence-corrected chi connectivity index (χ2v) is 7.45. The van der Waals surface area contributed by atoms with Crippen LogP contribution in [0.25, 0.3) is 0 Å². The maximum absolute atomic E-state index is 12.9. The number of morpholine rings is 1. The first kappa shape index (κ1) is 18.7. The number of aromatic nitrogens is 3. The topological polar surface area (TPSA) is 96.1 Å². The van der Waals surface area contributed by atoms with Gasteiger partial charge in [-0.25, -0.2) is 4.98 Å². The van der Waals surface area contributed by atoms with Gasteiger partial charge in [-0.1, -0.05) is 11.6 Å². The first-order valence-electron chi connectivity index (χ1n) is 9.37. The summed E-state index contributed by atoms with van der Waals surface area (Å²) in [5.41, 5.74) is 2.12. The molecule has 0 aliphatic carbocycles. The van der Waals surface area contributed by atoms with Crippen molar-refractivity contribution in [3.8, 4) is 6.07 Å². The van der Waals surface area contributed by atoms with Gasteiger partial charge in [-0.05, 0) is 24.8 Å². The summed E-state index contributed by atoms with van der Waals surface area (Å²) in [6.07, 6.45) is 4.93. The van der Waals surface area contributed by atoms with Gasteiger partial charge in [0.15, 0.2) is 0 Å². The van der Waals surface area contributed by atoms with E-state index in [0.29, 0.717) is 60.7 Å². The molecule has 1 amide bonds. The Morgan fingerprint density at radius 2 is 2.18 bits per heavy atom. The predicted octanol–water partition coefficient (Wildman–Crippen LogP) is 1.95. The summed E-state index contributed by atoms with van der Waals surface area (Å²) >= 11 is 6.19. The average Bonchev–Trinajstić information content (AvgIpc) is 3.16. The molecule has 1 atom stereocenters. The molecule has 1 N–H and O–H groups in total. The average molecular weight is 401 g/mol. The highest BCUT2D eigenvalue weighted by molar-refractivity contribution is 6.33. The minimum absolute atomic E-state index is 0.0370. The zero-order valence-corrected chi connectivity index (χ0v) is 16.2. The Bertz CT molecular complexity index is 916. The summed E-state index contributed by atoms with van der Waals surface area (Å²) in [5.74, 6) is 0.952. The molecule has 9 heteroatoms. The zero-order chi connectivity index (χ0) is 19.5. The van der Waals surface area contributed by atoms with Crippen molar-refractivity contribution in [1.29, 1.82) is 5.26 Å². The number of carbonyl (C=O) groups is 1. The summed E-state index contributed by atoms with van der Waals surface area (Å²) in [4.78, 5) is 18.9. The highest BCUT2D eigenvalue weighted by atomic mass is 35.5. The van der Waals surface area contributed by atoms with Gasteiger partial charge in [-0.15, -0.1) is 0 Å². The fourth-order valence-electron chi connectivity index (χ4n) is 3.66. The number of aryl methyl sites for hydroxylation is 1. The first-order valence-corrected chi connectivity index (χ1v) is 9.74. The van der Waals surface area contributed by atoms with E-state index < -0.39 is 0 Å². The zero-order valence-electron chi connectivity index (χ0n) is 15.4. The van der Waals surface area contributed by atoms with Gasteiger partial charge in [0.05, 0.1) is 41.3 Å². The number of carbonyl (C=O) groups excluding carboxylic acids is 1. The maximum atomic E-state index is 12.9. The fraction of sp³-hybridized carbons (Fsp3) is 0.474. The van der Waals surface area contributed by atoms with Gasteiger partial charge in [-0.2, -0.15) is 10.4 Å². The van der Waals surface area contributed by atoms with Crippen molar-refractivity contribution in [3.63, 3.8) is 0 Å². The van der Waals surface area contributed by atoms with E-state index in [0.717, 1.165) is 25.1 Å². The van der Waals surface area contributed by atoms with Crippen LogP contribution in [0.15, 0.2) is 18.5 Å². The van der Waals surface area contributed by atoms with Gasteiger partial charge in [0.1, 0.15) is 11.9 Å². The van der Waals surface area contributed by atoms with Crippen molar-refractivity contribution in [1.82, 2.24) is 19.7 Å². The lowest BCUT2D eigenvalue weighted by Gasteiger charge is -2.28. The van der Waals surface area contributed by atoms with Crippen LogP contribution in [-0.2, 0) is 17.7 Å². The molecule has 1 fully saturated rings. The molecule has 146 valence electrons. The number of nitrogens with one attached hydrogen (secondary N) is 1. The Hall–Kier alpha value is -2.63. The summed E-state index contributed by atoms with van der Waals surface area (Å²) in [7, 11) is 0. The summed E-state index contributed by atoms with van der Waals surface area (Å²) < 4.78 is 7.28. The molecule has 2 aromatic heterocycles. The number of nitriles is 1. The quantitative estimate of drug-likeness (QED) is 0.842. The van der Waals surface area contributed by atoms with Crippen molar-refractivity contribution in [2.45, 2.75) is 19.4 Å². The van der Waals surface area contributed by atoms with Crippen LogP contribution >= 0.6 is 11.6 Å². The number of ether oxygens (including phenoxy) is 1. The summed E-state index contributed by atoms with van der Waals surface area (Å²) in [6.45, 7) is 3.89. The third-order valence-corrected chi connectivity index (χ3v) is 5.53. The van der Waals surface area contributed by atoms with Crippen LogP contribution in [0.5, 0.6) is 0 Å². The van der Waals surface area contributed by atoms with E-state index in [1.165, 1.54) is 6.20 Å². The lowest BCUT2D eigenvalue weighted by molar-refractivity contribution is 0.0301. The molecule has 4 rings (SSSR count). The van der Waals surface area contributed by atoms with Gasteiger partial charge in [0.25, 0.3) is 5.91 Å². The molecule has 0 unspecified atom stereocenters. The van der Waals surface area contributed by atoms with Crippen molar-refractivity contribution in [2.24, 2.45) is 5.92 Å². The van der Waals surface area contributed by atoms with Crippen LogP contribution in [0.3, 0.4) is 0 Å². The molecule has 4 heterocycles. The van der Waals surface area contributed by atoms with Crippen LogP contribution in [0.2, 0.25) is 5.02 Å². The standard InChI is InChI=1S/C19H21ClN6O2/c20-16-7-14(9-21)11-23-18(16)22-10-13-1-2-26-17(8-13)15(12-24-26)19(27)25-3-5-28-6-4-25/h7,11-13H,1-6,8,10H2,(H,22,23)/t13-/m0/s1. The van der Waals surface area contributed by atoms with Crippen LogP contribution in [0.4, 0.5) is 5.82 Å². The predicted molar refractivity (Wildman–Crippen MR) is 103 cm³/mol. The second-order valence-electron chi connectivity index (χ2n) is 7.04. The van der Waals surface area contributed by atoms with E-state index >= 15 is 0 Å². The number of halogens is 1. The molecule has 0 aromatic carbocycles. The number of hydrogen-bond donors (Lipinski definition) is 1. The van der Waals surface area contributed by atoms with Crippen LogP contribution < -0.4 is 5.32 Å². The fourth-order valence-corrected chi connectivity index (χ4v) is 3.89. The van der Waals surface area contributed by atoms with Crippen molar-refractivity contribution in [2.75, 3.05) is 38.2 Å². The molecule has 0 radical (unpaired) electrons. The van der Waals surface area contributed by atoms with E-state index in [9.17, 15) is 4.79 Å². The number of pyridine rings is 1. The van der Waals surface area contributed by atoms with E-state index in [1.54, 1.807) is 12.3 Å². The van der Waals surface area contributed by atoms with Crippen molar-refractivity contribution in [3.05, 3.63) is 40.3 Å². The number of nitrogens with zero attached hydrogens (tertiary/aromatic N) is 5. The number of amides is 1. The Morgan fingerprint density at radius 1 is 1.36 bits per heavy atom. The minimum Gasteiger partial charge on any atom is -0.378 e. The Morgan fingerprint density at radius 3 is 2.93 bits per heavy atom. The third-order valence-electron chi connectivity index (χ3n) is 5.24. The van der Waals surface area contributed by atoms with Gasteiger partial charge in [0.2, 0.25) is 0 Å². The van der Waals surface area contributed by atoms with Gasteiger partial charge in [0, 0.05) is 32.4 Å². The normalized spacial score (nSPS) is 19.0. The molecule has 0 saturated carbocycles. The highest BCUT2D eigenvalue weighted by Gasteiger charge is 2.28. The molecule has 8 nitrogen and oxygen atoms in total. The molecule has 28 heavy (non-hydrogen) atoms. The van der Waals surface area contributed by atoms with E-state index in [4.69, 9.17) is 21.6 Å². The minimum atomic E-state index is 0.0370. The van der Waals surface area contributed by atoms with Gasteiger partial charge in [-0.3, -0.25) is 9.48 Å². The molecule has 2 aliphatic rings. The molecule has 0 bridgehead atoms. The summed E-state index contributed by atoms with van der Waals surface area (Å²) in [6, 6.07) is 3.63. The highest BCUT2D eigenvalue weighted by Crippen LogP contribution is 2.26. The molecular weight excluding hydrogens is 380 g/mol. The van der Waals surface area contributed by atoms with Crippen LogP contribution in [0, 0.1) is 17.2 Å². The number of rotatable bonds is 4. The molecule has 2 aliphatic heterocycles. The molecule has 1 saturated heterocycles. The Balaban J connectivity index is 1.42. The van der Waals surface area contributed by atoms with Gasteiger partial charge < -0.3 is 15.0 Å². The second kappa shape index (κ2) is 8.17. The number of fused-ring (bicyclic) bond motifs is 1. The first-order chi connectivity index (χ1) is 13.7. The SMILES string of the molecule is N#Cc1cnc(NC[C@H]2CCn3ncc(C(=O)N4CCOCC4)c3C2)c(Cl)c1. The Kier molecular flexibility index (Phi) is 5.46. The van der Waals surface area contributed by atoms with Crippen molar-refractivity contribution < 1.29 is 9.53 Å². The molecule has 0 spiro atoms. The lowest BCUT2D eigenvalue weighted by atomic mass is 9.94. The lowest BCUT2D eigenvalue weighted by Crippen LogP contribution is -2.41. The molecule has 2 aromatic rings. The van der Waals surface area contributed by atoms with Crippen LogP contribution in [-0.4, -0.2) is 58.4 Å². The number of anilines is 1. The Labute approximate surface area is 168 Å². The van der Waals surface area contributed by atoms with Crippen molar-refractivity contribution >= 4 is 23.3 Å². The number of hydrogen-bond acceptors (Lipinski definition) is 6. The van der Waals surface area contributed by atoms with E-state index in [-0.39, 0.29) is 5.91 Å². The van der Waals surface area contributed by atoms with Crippen LogP contribution in [0.1, 0.15) is 28.0 Å². The monoisotopic (exact) mass is 400 g/mol. The van der Waals surface area contributed by atoms with Gasteiger partial charge >= 0.3 is 0 Å². The van der Waals surface area contributed by atoms with E-state index in [2.05, 4.69) is 15.4 Å².